The molecule has 1 aliphatic heterocycles. The molecule has 1 saturated heterocycles. The lowest BCUT2D eigenvalue weighted by atomic mass is 9.86. The van der Waals surface area contributed by atoms with Crippen molar-refractivity contribution in [3.05, 3.63) is 0 Å². The van der Waals surface area contributed by atoms with E-state index in [1.165, 1.54) is 25.7 Å². The Hall–Kier alpha value is -0.860. The molecule has 0 aromatic heterocycles. The summed E-state index contributed by atoms with van der Waals surface area (Å²) in [7, 11) is 0. The number of hydrogen-bond donors (Lipinski definition) is 0. The number of ketones is 1. The first kappa shape index (κ1) is 12.2. The zero-order valence-corrected chi connectivity index (χ0v) is 11.2. The van der Waals surface area contributed by atoms with Crippen molar-refractivity contribution in [2.75, 3.05) is 13.1 Å². The Balaban J connectivity index is 1.54. The van der Waals surface area contributed by atoms with Gasteiger partial charge in [0, 0.05) is 31.8 Å². The monoisotopic (exact) mass is 249 g/mol. The molecule has 1 heterocycles. The van der Waals surface area contributed by atoms with Gasteiger partial charge in [-0.3, -0.25) is 9.59 Å². The number of likely N-dealkylation sites (tertiary alicyclic amines) is 1. The number of rotatable bonds is 2. The van der Waals surface area contributed by atoms with E-state index in [4.69, 9.17) is 0 Å². The van der Waals surface area contributed by atoms with Crippen molar-refractivity contribution in [3.8, 4) is 0 Å². The number of fused-ring (bicyclic) bond motifs is 2. The van der Waals surface area contributed by atoms with Gasteiger partial charge < -0.3 is 4.90 Å². The van der Waals surface area contributed by atoms with E-state index < -0.39 is 0 Å². The molecule has 0 aromatic carbocycles. The van der Waals surface area contributed by atoms with Crippen LogP contribution in [0, 0.1) is 23.7 Å². The summed E-state index contributed by atoms with van der Waals surface area (Å²) in [6.07, 6.45) is 6.68. The number of piperidine rings is 1. The van der Waals surface area contributed by atoms with Crippen molar-refractivity contribution in [2.45, 2.75) is 45.4 Å². The zero-order chi connectivity index (χ0) is 12.7. The van der Waals surface area contributed by atoms with Gasteiger partial charge >= 0.3 is 0 Å². The van der Waals surface area contributed by atoms with Crippen LogP contribution >= 0.6 is 0 Å². The van der Waals surface area contributed by atoms with Gasteiger partial charge in [0.25, 0.3) is 0 Å². The van der Waals surface area contributed by atoms with E-state index in [1.807, 2.05) is 11.8 Å². The fourth-order valence-corrected chi connectivity index (χ4v) is 4.22. The largest absolute Gasteiger partial charge is 0.342 e. The average molecular weight is 249 g/mol. The minimum absolute atomic E-state index is 0.0442. The van der Waals surface area contributed by atoms with E-state index in [9.17, 15) is 9.59 Å². The first-order chi connectivity index (χ1) is 8.63. The van der Waals surface area contributed by atoms with E-state index in [0.29, 0.717) is 37.1 Å². The topological polar surface area (TPSA) is 37.4 Å². The second kappa shape index (κ2) is 4.67. The molecular formula is C15H23NO2. The Morgan fingerprint density at radius 1 is 1.33 bits per heavy atom. The second-order valence-corrected chi connectivity index (χ2v) is 6.60. The van der Waals surface area contributed by atoms with Crippen molar-refractivity contribution in [2.24, 2.45) is 23.7 Å². The third kappa shape index (κ3) is 2.19. The molecule has 100 valence electrons. The first-order valence-electron chi connectivity index (χ1n) is 7.44. The van der Waals surface area contributed by atoms with Gasteiger partial charge in [-0.25, -0.2) is 0 Å². The molecule has 0 N–H and O–H groups in total. The van der Waals surface area contributed by atoms with Crippen LogP contribution in [0.3, 0.4) is 0 Å². The van der Waals surface area contributed by atoms with Gasteiger partial charge in [0.2, 0.25) is 5.91 Å². The summed E-state index contributed by atoms with van der Waals surface area (Å²) in [5.74, 6) is 3.04. The third-order valence-corrected chi connectivity index (χ3v) is 5.35. The van der Waals surface area contributed by atoms with Crippen LogP contribution in [0.5, 0.6) is 0 Å². The lowest BCUT2D eigenvalue weighted by molar-refractivity contribution is -0.137. The second-order valence-electron chi connectivity index (χ2n) is 6.60. The normalized spacial score (nSPS) is 39.4. The van der Waals surface area contributed by atoms with Crippen LogP contribution < -0.4 is 0 Å². The highest BCUT2D eigenvalue weighted by atomic mass is 16.2. The average Bonchev–Trinajstić information content (AvgIpc) is 2.94. The van der Waals surface area contributed by atoms with Crippen LogP contribution in [0.2, 0.25) is 0 Å². The number of carbonyl (C=O) groups is 2. The molecule has 2 saturated carbocycles. The Labute approximate surface area is 109 Å². The summed E-state index contributed by atoms with van der Waals surface area (Å²) >= 11 is 0. The van der Waals surface area contributed by atoms with Crippen LogP contribution in [0.25, 0.3) is 0 Å². The first-order valence-corrected chi connectivity index (χ1v) is 7.44. The Morgan fingerprint density at radius 3 is 2.78 bits per heavy atom. The molecule has 0 spiro atoms. The van der Waals surface area contributed by atoms with Crippen molar-refractivity contribution < 1.29 is 9.59 Å². The maximum atomic E-state index is 12.3. The van der Waals surface area contributed by atoms with Gasteiger partial charge in [0.05, 0.1) is 0 Å². The predicted octanol–water partition coefficient (Wildman–Crippen LogP) is 2.25. The number of amides is 1. The molecule has 3 nitrogen and oxygen atoms in total. The van der Waals surface area contributed by atoms with Gasteiger partial charge in [0.1, 0.15) is 5.78 Å². The SMILES string of the molecule is CC1CN(C(=O)CC2CC3CCC2C3)CCC1=O. The van der Waals surface area contributed by atoms with Crippen LogP contribution in [0.4, 0.5) is 0 Å². The zero-order valence-electron chi connectivity index (χ0n) is 11.2. The van der Waals surface area contributed by atoms with Crippen molar-refractivity contribution in [3.63, 3.8) is 0 Å². The van der Waals surface area contributed by atoms with Crippen molar-refractivity contribution >= 4 is 11.7 Å². The fourth-order valence-electron chi connectivity index (χ4n) is 4.22. The molecule has 18 heavy (non-hydrogen) atoms. The van der Waals surface area contributed by atoms with Gasteiger partial charge in [-0.1, -0.05) is 13.3 Å². The van der Waals surface area contributed by atoms with Gasteiger partial charge in [-0.2, -0.15) is 0 Å². The van der Waals surface area contributed by atoms with Gasteiger partial charge in [-0.15, -0.1) is 0 Å². The minimum atomic E-state index is 0.0442. The summed E-state index contributed by atoms with van der Waals surface area (Å²) in [6.45, 7) is 3.25. The quantitative estimate of drug-likeness (QED) is 0.752. The van der Waals surface area contributed by atoms with Crippen LogP contribution in [-0.2, 0) is 9.59 Å². The molecule has 1 amide bonds. The molecule has 4 atom stereocenters. The van der Waals surface area contributed by atoms with Crippen LogP contribution in [0.1, 0.15) is 45.4 Å². The molecule has 3 heteroatoms. The summed E-state index contributed by atoms with van der Waals surface area (Å²) in [5, 5.41) is 0. The highest BCUT2D eigenvalue weighted by Crippen LogP contribution is 2.49. The molecule has 0 aromatic rings. The fraction of sp³-hybridized carbons (Fsp3) is 0.867. The van der Waals surface area contributed by atoms with Gasteiger partial charge in [0.15, 0.2) is 0 Å². The minimum Gasteiger partial charge on any atom is -0.342 e. The highest BCUT2D eigenvalue weighted by molar-refractivity contribution is 5.85. The molecule has 4 unspecified atom stereocenters. The molecule has 0 radical (unpaired) electrons. The summed E-state index contributed by atoms with van der Waals surface area (Å²) in [5.41, 5.74) is 0. The third-order valence-electron chi connectivity index (χ3n) is 5.35. The molecule has 3 rings (SSSR count). The van der Waals surface area contributed by atoms with Crippen LogP contribution in [0.15, 0.2) is 0 Å². The van der Waals surface area contributed by atoms with Crippen LogP contribution in [-0.4, -0.2) is 29.7 Å². The maximum Gasteiger partial charge on any atom is 0.222 e. The lowest BCUT2D eigenvalue weighted by Gasteiger charge is -2.32. The summed E-state index contributed by atoms with van der Waals surface area (Å²) < 4.78 is 0. The van der Waals surface area contributed by atoms with Crippen molar-refractivity contribution in [1.29, 1.82) is 0 Å². The predicted molar refractivity (Wildman–Crippen MR) is 68.9 cm³/mol. The molecule has 3 aliphatic rings. The van der Waals surface area contributed by atoms with Crippen molar-refractivity contribution in [1.82, 2.24) is 4.90 Å². The Kier molecular flexibility index (Phi) is 3.16. The standard InChI is InChI=1S/C15H23NO2/c1-10-9-16(5-4-14(10)17)15(18)8-13-7-11-2-3-12(13)6-11/h10-13H,2-9H2,1H3. The Morgan fingerprint density at radius 2 is 2.17 bits per heavy atom. The van der Waals surface area contributed by atoms with E-state index >= 15 is 0 Å². The van der Waals surface area contributed by atoms with E-state index in [-0.39, 0.29) is 5.92 Å². The maximum absolute atomic E-state index is 12.3. The molecular weight excluding hydrogens is 226 g/mol. The Bertz CT molecular complexity index is 366. The van der Waals surface area contributed by atoms with E-state index in [1.54, 1.807) is 0 Å². The van der Waals surface area contributed by atoms with E-state index in [2.05, 4.69) is 0 Å². The van der Waals surface area contributed by atoms with E-state index in [0.717, 1.165) is 18.3 Å². The van der Waals surface area contributed by atoms with Gasteiger partial charge in [-0.05, 0) is 37.0 Å². The number of Topliss-reactive ketones (excluding diaryl/α,β-unsaturated/α-hetero) is 1. The highest BCUT2D eigenvalue weighted by Gasteiger charge is 2.41. The number of hydrogen-bond acceptors (Lipinski definition) is 2. The number of carbonyl (C=O) groups excluding carboxylic acids is 2. The summed E-state index contributed by atoms with van der Waals surface area (Å²) in [4.78, 5) is 25.7. The smallest absolute Gasteiger partial charge is 0.222 e. The lowest BCUT2D eigenvalue weighted by Crippen LogP contribution is -2.43. The molecule has 3 fully saturated rings. The number of nitrogens with zero attached hydrogens (tertiary/aromatic N) is 1. The summed E-state index contributed by atoms with van der Waals surface area (Å²) in [6, 6.07) is 0. The molecule has 2 aliphatic carbocycles. The molecule has 2 bridgehead atoms.